The number of oxazole rings is 1. The number of methoxy groups -OCH3 is 1. The average molecular weight is 514 g/mol. The van der Waals surface area contributed by atoms with Crippen LogP contribution in [0.25, 0.3) is 22.6 Å². The Bertz CT molecular complexity index is 1400. The van der Waals surface area contributed by atoms with Crippen molar-refractivity contribution in [2.75, 3.05) is 12.4 Å². The van der Waals surface area contributed by atoms with E-state index in [0.717, 1.165) is 16.7 Å². The van der Waals surface area contributed by atoms with Crippen molar-refractivity contribution in [2.45, 2.75) is 19.8 Å². The molecule has 174 valence electrons. The predicted molar refractivity (Wildman–Crippen MR) is 140 cm³/mol. The van der Waals surface area contributed by atoms with Crippen LogP contribution >= 0.6 is 35.4 Å². The fraction of sp³-hybridized carbons (Fsp3) is 0.160. The molecule has 6 nitrogen and oxygen atoms in total. The van der Waals surface area contributed by atoms with E-state index in [4.69, 9.17) is 44.6 Å². The van der Waals surface area contributed by atoms with Crippen LogP contribution in [0.1, 0.15) is 35.7 Å². The molecule has 0 radical (unpaired) electrons. The van der Waals surface area contributed by atoms with Gasteiger partial charge in [-0.25, -0.2) is 4.98 Å². The lowest BCUT2D eigenvalue weighted by molar-refractivity contribution is 0.0974. The molecule has 4 aromatic rings. The largest absolute Gasteiger partial charge is 0.494 e. The van der Waals surface area contributed by atoms with Crippen molar-refractivity contribution in [1.29, 1.82) is 0 Å². The maximum absolute atomic E-state index is 12.7. The number of aromatic nitrogens is 1. The summed E-state index contributed by atoms with van der Waals surface area (Å²) in [7, 11) is 1.42. The summed E-state index contributed by atoms with van der Waals surface area (Å²) in [5, 5.41) is 6.25. The second-order valence-corrected chi connectivity index (χ2v) is 9.11. The number of fused-ring (bicyclic) bond motifs is 1. The minimum Gasteiger partial charge on any atom is -0.494 e. The van der Waals surface area contributed by atoms with E-state index in [2.05, 4.69) is 29.5 Å². The molecule has 0 aliphatic rings. The molecule has 2 N–H and O–H groups in total. The number of carbonyl (C=O) groups is 1. The Balaban J connectivity index is 1.51. The number of halogens is 2. The lowest BCUT2D eigenvalue weighted by atomic mass is 10.0. The van der Waals surface area contributed by atoms with Crippen LogP contribution in [-0.2, 0) is 0 Å². The first kappa shape index (κ1) is 24.0. The third kappa shape index (κ3) is 5.17. The highest BCUT2D eigenvalue weighted by Gasteiger charge is 2.18. The number of nitrogens with one attached hydrogen (secondary N) is 2. The lowest BCUT2D eigenvalue weighted by Crippen LogP contribution is -2.34. The number of rotatable bonds is 5. The third-order valence-corrected chi connectivity index (χ3v) is 5.83. The Morgan fingerprint density at radius 3 is 2.65 bits per heavy atom. The summed E-state index contributed by atoms with van der Waals surface area (Å²) in [6, 6.07) is 16.4. The molecule has 0 bridgehead atoms. The van der Waals surface area contributed by atoms with E-state index in [1.54, 1.807) is 0 Å². The molecule has 0 aliphatic carbocycles. The number of carbonyl (C=O) groups excluding carboxylic acids is 1. The van der Waals surface area contributed by atoms with E-state index in [1.807, 2.05) is 42.5 Å². The number of benzene rings is 3. The van der Waals surface area contributed by atoms with Crippen molar-refractivity contribution in [3.8, 4) is 17.2 Å². The van der Waals surface area contributed by atoms with Gasteiger partial charge in [0.1, 0.15) is 11.3 Å². The van der Waals surface area contributed by atoms with Gasteiger partial charge in [-0.05, 0) is 66.2 Å². The Morgan fingerprint density at radius 2 is 1.91 bits per heavy atom. The lowest BCUT2D eigenvalue weighted by Gasteiger charge is -2.13. The van der Waals surface area contributed by atoms with Crippen molar-refractivity contribution >= 4 is 63.2 Å². The fourth-order valence-electron chi connectivity index (χ4n) is 3.43. The second kappa shape index (κ2) is 10.0. The number of amides is 1. The molecule has 0 unspecified atom stereocenters. The topological polar surface area (TPSA) is 76.4 Å². The predicted octanol–water partition coefficient (Wildman–Crippen LogP) is 7.06. The molecule has 0 saturated carbocycles. The highest BCUT2D eigenvalue weighted by Crippen LogP contribution is 2.32. The van der Waals surface area contributed by atoms with E-state index in [-0.39, 0.29) is 21.4 Å². The number of thiocarbonyl (C=S) groups is 1. The normalized spacial score (nSPS) is 11.0. The summed E-state index contributed by atoms with van der Waals surface area (Å²) < 4.78 is 11.2. The molecule has 0 spiro atoms. The summed E-state index contributed by atoms with van der Waals surface area (Å²) in [6.07, 6.45) is 0. The van der Waals surface area contributed by atoms with Gasteiger partial charge in [-0.1, -0.05) is 49.2 Å². The van der Waals surface area contributed by atoms with E-state index < -0.39 is 5.91 Å². The fourth-order valence-corrected chi connectivity index (χ4v) is 4.21. The molecule has 4 rings (SSSR count). The molecule has 0 aliphatic heterocycles. The first-order chi connectivity index (χ1) is 16.2. The Morgan fingerprint density at radius 1 is 1.12 bits per heavy atom. The number of anilines is 1. The minimum atomic E-state index is -0.505. The van der Waals surface area contributed by atoms with Crippen LogP contribution in [0.3, 0.4) is 0 Å². The highest BCUT2D eigenvalue weighted by molar-refractivity contribution is 7.80. The summed E-state index contributed by atoms with van der Waals surface area (Å²) in [4.78, 5) is 17.4. The van der Waals surface area contributed by atoms with Crippen molar-refractivity contribution in [3.05, 3.63) is 75.8 Å². The number of ether oxygens (including phenoxy) is 1. The first-order valence-corrected chi connectivity index (χ1v) is 11.6. The van der Waals surface area contributed by atoms with Gasteiger partial charge in [-0.15, -0.1) is 0 Å². The maximum atomic E-state index is 12.7. The zero-order valence-electron chi connectivity index (χ0n) is 18.6. The SMILES string of the molecule is COc1c(Cl)cc(Cl)cc1C(=O)NC(=S)Nc1cccc(-c2nc3cc(C(C)C)ccc3o2)c1. The minimum absolute atomic E-state index is 0.0967. The zero-order valence-corrected chi connectivity index (χ0v) is 20.9. The average Bonchev–Trinajstić information content (AvgIpc) is 3.22. The van der Waals surface area contributed by atoms with Crippen molar-refractivity contribution < 1.29 is 13.9 Å². The van der Waals surface area contributed by atoms with E-state index in [1.165, 1.54) is 24.8 Å². The van der Waals surface area contributed by atoms with Gasteiger partial charge >= 0.3 is 0 Å². The molecule has 1 amide bonds. The van der Waals surface area contributed by atoms with Gasteiger partial charge in [-0.3, -0.25) is 10.1 Å². The monoisotopic (exact) mass is 513 g/mol. The Labute approximate surface area is 212 Å². The summed E-state index contributed by atoms with van der Waals surface area (Å²) >= 11 is 17.5. The van der Waals surface area contributed by atoms with Crippen LogP contribution < -0.4 is 15.4 Å². The van der Waals surface area contributed by atoms with Gasteiger partial charge in [0.2, 0.25) is 5.89 Å². The summed E-state index contributed by atoms with van der Waals surface area (Å²) in [6.45, 7) is 4.27. The van der Waals surface area contributed by atoms with Crippen LogP contribution in [0.2, 0.25) is 10.0 Å². The Kier molecular flexibility index (Phi) is 7.07. The summed E-state index contributed by atoms with van der Waals surface area (Å²) in [5.74, 6) is 0.601. The third-order valence-electron chi connectivity index (χ3n) is 5.13. The molecule has 3 aromatic carbocycles. The quantitative estimate of drug-likeness (QED) is 0.278. The number of nitrogens with zero attached hydrogens (tertiary/aromatic N) is 1. The molecule has 1 aromatic heterocycles. The van der Waals surface area contributed by atoms with E-state index >= 15 is 0 Å². The molecule has 0 atom stereocenters. The van der Waals surface area contributed by atoms with Gasteiger partial charge in [0, 0.05) is 16.3 Å². The molecule has 34 heavy (non-hydrogen) atoms. The van der Waals surface area contributed by atoms with E-state index in [0.29, 0.717) is 22.5 Å². The molecule has 1 heterocycles. The molecule has 9 heteroatoms. The van der Waals surface area contributed by atoms with Gasteiger partial charge in [0.15, 0.2) is 10.7 Å². The molecular formula is C25H21Cl2N3O3S. The van der Waals surface area contributed by atoms with Crippen molar-refractivity contribution in [2.24, 2.45) is 0 Å². The van der Waals surface area contributed by atoms with Crippen molar-refractivity contribution in [3.63, 3.8) is 0 Å². The summed E-state index contributed by atoms with van der Waals surface area (Å²) in [5.41, 5.74) is 4.31. The van der Waals surface area contributed by atoms with Gasteiger partial charge in [0.25, 0.3) is 5.91 Å². The Hall–Kier alpha value is -3.13. The van der Waals surface area contributed by atoms with Crippen LogP contribution in [0.4, 0.5) is 5.69 Å². The van der Waals surface area contributed by atoms with E-state index in [9.17, 15) is 4.79 Å². The standard InChI is InChI=1S/C25H21Cl2N3O3S/c1-13(2)14-7-8-21-20(10-14)29-24(33-21)15-5-4-6-17(9-15)28-25(34)30-23(31)18-11-16(26)12-19(27)22(18)32-3/h4-13H,1-3H3,(H2,28,30,31,34). The van der Waals surface area contributed by atoms with Crippen LogP contribution in [0, 0.1) is 0 Å². The zero-order chi connectivity index (χ0) is 24.4. The maximum Gasteiger partial charge on any atom is 0.261 e. The first-order valence-electron chi connectivity index (χ1n) is 10.4. The molecular weight excluding hydrogens is 493 g/mol. The highest BCUT2D eigenvalue weighted by atomic mass is 35.5. The van der Waals surface area contributed by atoms with Crippen molar-refractivity contribution in [1.82, 2.24) is 10.3 Å². The van der Waals surface area contributed by atoms with Gasteiger partial charge < -0.3 is 14.5 Å². The van der Waals surface area contributed by atoms with Crippen LogP contribution in [0.15, 0.2) is 59.0 Å². The smallest absolute Gasteiger partial charge is 0.261 e. The molecule has 0 saturated heterocycles. The van der Waals surface area contributed by atoms with Gasteiger partial charge in [-0.2, -0.15) is 0 Å². The second-order valence-electron chi connectivity index (χ2n) is 7.86. The van der Waals surface area contributed by atoms with Crippen LogP contribution in [0.5, 0.6) is 5.75 Å². The van der Waals surface area contributed by atoms with Crippen LogP contribution in [-0.4, -0.2) is 23.1 Å². The van der Waals surface area contributed by atoms with Gasteiger partial charge in [0.05, 0.1) is 17.7 Å². The number of hydrogen-bond donors (Lipinski definition) is 2. The molecule has 0 fully saturated rings. The number of hydrogen-bond acceptors (Lipinski definition) is 5.